The number of rotatable bonds is 0. The van der Waals surface area contributed by atoms with E-state index in [9.17, 15) is 26.3 Å². The van der Waals surface area contributed by atoms with Crippen molar-refractivity contribution in [1.82, 2.24) is 0 Å². The smallest absolute Gasteiger partial charge is 0.174 e. The fourth-order valence-corrected chi connectivity index (χ4v) is 0. The molecule has 0 aromatic carbocycles. The average molecular weight is 204 g/mol. The number of hydrogen-bond donors (Lipinski definition) is 0. The standard InChI is InChI=1S/2CHF3.Cu/c2*2-1(3)4;/h2*1H;. The molecule has 0 aliphatic heterocycles. The molecule has 0 aromatic rings. The first-order valence-corrected chi connectivity index (χ1v) is 1.31. The molecule has 0 aromatic heterocycles. The molecule has 0 amide bonds. The first-order chi connectivity index (χ1) is 3.46. The molecule has 0 heterocycles. The molecule has 1 radical (unpaired) electrons. The summed E-state index contributed by atoms with van der Waals surface area (Å²) in [7, 11) is 0. The van der Waals surface area contributed by atoms with Gasteiger partial charge in [0, 0.05) is 17.1 Å². The summed E-state index contributed by atoms with van der Waals surface area (Å²) in [6, 6.07) is 0. The van der Waals surface area contributed by atoms with Gasteiger partial charge in [-0.05, 0) is 0 Å². The van der Waals surface area contributed by atoms with Crippen molar-refractivity contribution in [2.45, 2.75) is 13.4 Å². The third-order valence-corrected chi connectivity index (χ3v) is 0. The number of hydrogen-bond acceptors (Lipinski definition) is 0. The van der Waals surface area contributed by atoms with Gasteiger partial charge in [-0.1, -0.05) is 0 Å². The maximum absolute atomic E-state index is 9.67. The van der Waals surface area contributed by atoms with Crippen molar-refractivity contribution in [1.29, 1.82) is 0 Å². The van der Waals surface area contributed by atoms with Gasteiger partial charge >= 0.3 is 13.4 Å². The summed E-state index contributed by atoms with van der Waals surface area (Å²) >= 11 is 0. The minimum atomic E-state index is -3.67. The van der Waals surface area contributed by atoms with E-state index in [2.05, 4.69) is 0 Å². The molecule has 0 aliphatic carbocycles. The fraction of sp³-hybridized carbons (Fsp3) is 1.00. The monoisotopic (exact) mass is 203 g/mol. The molecule has 0 aliphatic rings. The molecule has 9 heavy (non-hydrogen) atoms. The third-order valence-electron chi connectivity index (χ3n) is 0. The summed E-state index contributed by atoms with van der Waals surface area (Å²) < 4.78 is 58.0. The van der Waals surface area contributed by atoms with Crippen molar-refractivity contribution in [3.05, 3.63) is 0 Å². The Morgan fingerprint density at radius 2 is 0.556 bits per heavy atom. The number of halogens is 6. The Labute approximate surface area is 57.7 Å². The van der Waals surface area contributed by atoms with Crippen LogP contribution in [-0.4, -0.2) is 13.4 Å². The van der Waals surface area contributed by atoms with Gasteiger partial charge in [0.25, 0.3) is 0 Å². The summed E-state index contributed by atoms with van der Waals surface area (Å²) in [5.74, 6) is 0. The van der Waals surface area contributed by atoms with Crippen molar-refractivity contribution in [3.8, 4) is 0 Å². The molecule has 0 atom stereocenters. The zero-order valence-corrected chi connectivity index (χ0v) is 4.67. The maximum atomic E-state index is 9.67. The first-order valence-electron chi connectivity index (χ1n) is 1.31. The third kappa shape index (κ3) is 30400. The van der Waals surface area contributed by atoms with E-state index in [1.165, 1.54) is 0 Å². The van der Waals surface area contributed by atoms with Crippen molar-refractivity contribution in [3.63, 3.8) is 0 Å². The Morgan fingerprint density at radius 3 is 0.556 bits per heavy atom. The molecule has 0 bridgehead atoms. The van der Waals surface area contributed by atoms with E-state index in [1.54, 1.807) is 0 Å². The second kappa shape index (κ2) is 11.0. The van der Waals surface area contributed by atoms with Gasteiger partial charge in [0.2, 0.25) is 0 Å². The van der Waals surface area contributed by atoms with Crippen LogP contribution >= 0.6 is 0 Å². The zero-order chi connectivity index (χ0) is 7.15. The molecule has 0 nitrogen and oxygen atoms in total. The van der Waals surface area contributed by atoms with Crippen LogP contribution in [0.3, 0.4) is 0 Å². The molecule has 0 N–H and O–H groups in total. The van der Waals surface area contributed by atoms with Gasteiger partial charge in [0.05, 0.1) is 0 Å². The van der Waals surface area contributed by atoms with Gasteiger partial charge < -0.3 is 0 Å². The summed E-state index contributed by atoms with van der Waals surface area (Å²) in [4.78, 5) is 0. The molecular formula is C2H2CuF6. The van der Waals surface area contributed by atoms with E-state index in [0.717, 1.165) is 0 Å². The zero-order valence-electron chi connectivity index (χ0n) is 3.72. The minimum Gasteiger partial charge on any atom is -0.174 e. The predicted molar refractivity (Wildman–Crippen MR) is 14.2 cm³/mol. The quantitative estimate of drug-likeness (QED) is 0.419. The molecule has 0 fully saturated rings. The van der Waals surface area contributed by atoms with Crippen molar-refractivity contribution in [2.75, 3.05) is 0 Å². The summed E-state index contributed by atoms with van der Waals surface area (Å²) in [5, 5.41) is 0. The topological polar surface area (TPSA) is 0 Å². The Hall–Kier alpha value is 0.0995. The van der Waals surface area contributed by atoms with E-state index < -0.39 is 13.4 Å². The Balaban J connectivity index is -0.0000000720. The molecule has 0 spiro atoms. The largest absolute Gasteiger partial charge is 0.379 e. The minimum absolute atomic E-state index is 0. The van der Waals surface area contributed by atoms with Crippen molar-refractivity contribution >= 4 is 0 Å². The van der Waals surface area contributed by atoms with Gasteiger partial charge in [-0.3, -0.25) is 0 Å². The SMILES string of the molecule is FC(F)F.FC(F)F.[Cu]. The van der Waals surface area contributed by atoms with Crippen LogP contribution in [0.25, 0.3) is 0 Å². The normalized spacial score (nSPS) is 8.00. The summed E-state index contributed by atoms with van der Waals surface area (Å²) in [5.41, 5.74) is 0. The van der Waals surface area contributed by atoms with Gasteiger partial charge in [0.1, 0.15) is 0 Å². The Kier molecular flexibility index (Phi) is 19.6. The number of alkyl halides is 6. The summed E-state index contributed by atoms with van der Waals surface area (Å²) in [6.07, 6.45) is 0. The van der Waals surface area contributed by atoms with Crippen molar-refractivity contribution in [2.24, 2.45) is 0 Å². The molecular weight excluding hydrogens is 202 g/mol. The van der Waals surface area contributed by atoms with Crippen LogP contribution < -0.4 is 0 Å². The molecule has 7 heteroatoms. The average Bonchev–Trinajstić information content (AvgIpc) is 1.25. The van der Waals surface area contributed by atoms with Crippen molar-refractivity contribution < 1.29 is 43.4 Å². The predicted octanol–water partition coefficient (Wildman–Crippen LogP) is 2.35. The van der Waals surface area contributed by atoms with Crippen LogP contribution in [0.2, 0.25) is 0 Å². The second-order valence-electron chi connectivity index (χ2n) is 0.495. The van der Waals surface area contributed by atoms with Crippen LogP contribution in [0, 0.1) is 0 Å². The van der Waals surface area contributed by atoms with E-state index in [4.69, 9.17) is 0 Å². The van der Waals surface area contributed by atoms with E-state index in [-0.39, 0.29) is 17.1 Å². The summed E-state index contributed by atoms with van der Waals surface area (Å²) in [6.45, 7) is -7.33. The van der Waals surface area contributed by atoms with Crippen LogP contribution in [0.5, 0.6) is 0 Å². The van der Waals surface area contributed by atoms with E-state index >= 15 is 0 Å². The molecule has 0 rings (SSSR count). The van der Waals surface area contributed by atoms with E-state index in [1.807, 2.05) is 0 Å². The van der Waals surface area contributed by atoms with E-state index in [0.29, 0.717) is 0 Å². The van der Waals surface area contributed by atoms with Crippen LogP contribution in [0.15, 0.2) is 0 Å². The van der Waals surface area contributed by atoms with Gasteiger partial charge in [0.15, 0.2) is 0 Å². The Morgan fingerprint density at radius 1 is 0.556 bits per heavy atom. The molecule has 0 saturated carbocycles. The van der Waals surface area contributed by atoms with Crippen LogP contribution in [-0.2, 0) is 17.1 Å². The van der Waals surface area contributed by atoms with Crippen LogP contribution in [0.4, 0.5) is 26.3 Å². The van der Waals surface area contributed by atoms with Gasteiger partial charge in [-0.25, -0.2) is 0 Å². The Bertz CT molecular complexity index is 26.5. The molecule has 0 unspecified atom stereocenters. The van der Waals surface area contributed by atoms with Gasteiger partial charge in [-0.15, -0.1) is 0 Å². The second-order valence-corrected chi connectivity index (χ2v) is 0.495. The maximum Gasteiger partial charge on any atom is 0.379 e. The van der Waals surface area contributed by atoms with Gasteiger partial charge in [-0.2, -0.15) is 26.3 Å². The fourth-order valence-electron chi connectivity index (χ4n) is 0. The molecule has 0 saturated heterocycles. The molecule has 63 valence electrons. The first kappa shape index (κ1) is 16.0. The van der Waals surface area contributed by atoms with Crippen LogP contribution in [0.1, 0.15) is 0 Å².